The Bertz CT molecular complexity index is 318. The molecule has 1 aromatic rings. The third kappa shape index (κ3) is 4.13. The molecule has 2 heterocycles. The van der Waals surface area contributed by atoms with Crippen molar-refractivity contribution in [1.29, 1.82) is 0 Å². The SMILES string of the molecule is CNCCCc1cnn(C[C@H]2CCCCO2)c1. The minimum atomic E-state index is 0.369. The Kier molecular flexibility index (Phi) is 5.01. The molecule has 0 bridgehead atoms. The van der Waals surface area contributed by atoms with Gasteiger partial charge in [-0.2, -0.15) is 5.10 Å². The molecule has 0 amide bonds. The lowest BCUT2D eigenvalue weighted by Gasteiger charge is -2.22. The third-order valence-electron chi connectivity index (χ3n) is 3.24. The number of hydrogen-bond acceptors (Lipinski definition) is 3. The zero-order valence-electron chi connectivity index (χ0n) is 10.7. The molecular weight excluding hydrogens is 214 g/mol. The maximum atomic E-state index is 5.72. The van der Waals surface area contributed by atoms with Crippen molar-refractivity contribution in [2.45, 2.75) is 44.8 Å². The Hall–Kier alpha value is -0.870. The lowest BCUT2D eigenvalue weighted by Crippen LogP contribution is -2.24. The van der Waals surface area contributed by atoms with Crippen LogP contribution in [-0.4, -0.2) is 36.1 Å². The summed E-state index contributed by atoms with van der Waals surface area (Å²) in [7, 11) is 1.99. The van der Waals surface area contributed by atoms with Crippen LogP contribution in [0.3, 0.4) is 0 Å². The smallest absolute Gasteiger partial charge is 0.0770 e. The quantitative estimate of drug-likeness (QED) is 0.764. The highest BCUT2D eigenvalue weighted by atomic mass is 16.5. The molecule has 4 heteroatoms. The largest absolute Gasteiger partial charge is 0.376 e. The molecule has 1 saturated heterocycles. The van der Waals surface area contributed by atoms with Crippen LogP contribution >= 0.6 is 0 Å². The lowest BCUT2D eigenvalue weighted by molar-refractivity contribution is 0.00398. The average molecular weight is 237 g/mol. The number of nitrogens with one attached hydrogen (secondary N) is 1. The summed E-state index contributed by atoms with van der Waals surface area (Å²) in [5, 5.41) is 7.57. The van der Waals surface area contributed by atoms with Crippen molar-refractivity contribution < 1.29 is 4.74 Å². The van der Waals surface area contributed by atoms with E-state index in [0.29, 0.717) is 6.10 Å². The van der Waals surface area contributed by atoms with Gasteiger partial charge in [-0.15, -0.1) is 0 Å². The molecule has 96 valence electrons. The van der Waals surface area contributed by atoms with Crippen molar-refractivity contribution in [2.75, 3.05) is 20.2 Å². The van der Waals surface area contributed by atoms with Gasteiger partial charge in [0.2, 0.25) is 0 Å². The Labute approximate surface area is 103 Å². The molecule has 0 radical (unpaired) electrons. The van der Waals surface area contributed by atoms with E-state index in [4.69, 9.17) is 4.74 Å². The van der Waals surface area contributed by atoms with E-state index in [1.807, 2.05) is 17.9 Å². The van der Waals surface area contributed by atoms with Crippen molar-refractivity contribution >= 4 is 0 Å². The van der Waals surface area contributed by atoms with Gasteiger partial charge in [0.05, 0.1) is 18.8 Å². The molecular formula is C13H23N3O. The molecule has 0 unspecified atom stereocenters. The maximum absolute atomic E-state index is 5.72. The number of rotatable bonds is 6. The van der Waals surface area contributed by atoms with Crippen LogP contribution in [0.1, 0.15) is 31.2 Å². The summed E-state index contributed by atoms with van der Waals surface area (Å²) in [6, 6.07) is 0. The van der Waals surface area contributed by atoms with Crippen molar-refractivity contribution in [3.05, 3.63) is 18.0 Å². The van der Waals surface area contributed by atoms with Gasteiger partial charge in [-0.05, 0) is 51.3 Å². The highest BCUT2D eigenvalue weighted by Gasteiger charge is 2.14. The summed E-state index contributed by atoms with van der Waals surface area (Å²) in [6.45, 7) is 2.89. The molecule has 1 aromatic heterocycles. The van der Waals surface area contributed by atoms with Gasteiger partial charge in [-0.3, -0.25) is 4.68 Å². The number of ether oxygens (including phenoxy) is 1. The molecule has 1 fully saturated rings. The summed E-state index contributed by atoms with van der Waals surface area (Å²) < 4.78 is 7.75. The van der Waals surface area contributed by atoms with Crippen molar-refractivity contribution in [2.24, 2.45) is 0 Å². The maximum Gasteiger partial charge on any atom is 0.0770 e. The zero-order valence-corrected chi connectivity index (χ0v) is 10.7. The fourth-order valence-corrected chi connectivity index (χ4v) is 2.26. The summed E-state index contributed by atoms with van der Waals surface area (Å²) >= 11 is 0. The van der Waals surface area contributed by atoms with Gasteiger partial charge < -0.3 is 10.1 Å². The minimum absolute atomic E-state index is 0.369. The van der Waals surface area contributed by atoms with Crippen LogP contribution in [0, 0.1) is 0 Å². The average Bonchev–Trinajstić information content (AvgIpc) is 2.79. The van der Waals surface area contributed by atoms with E-state index in [-0.39, 0.29) is 0 Å². The topological polar surface area (TPSA) is 39.1 Å². The van der Waals surface area contributed by atoms with Crippen molar-refractivity contribution in [1.82, 2.24) is 15.1 Å². The van der Waals surface area contributed by atoms with Gasteiger partial charge in [0.1, 0.15) is 0 Å². The molecule has 2 rings (SSSR count). The normalized spacial score (nSPS) is 20.6. The summed E-state index contributed by atoms with van der Waals surface area (Å²) in [4.78, 5) is 0. The van der Waals surface area contributed by atoms with E-state index >= 15 is 0 Å². The molecule has 1 atom stereocenters. The van der Waals surface area contributed by atoms with Crippen molar-refractivity contribution in [3.63, 3.8) is 0 Å². The first-order valence-corrected chi connectivity index (χ1v) is 6.66. The van der Waals surface area contributed by atoms with Crippen LogP contribution < -0.4 is 5.32 Å². The van der Waals surface area contributed by atoms with Gasteiger partial charge in [-0.25, -0.2) is 0 Å². The monoisotopic (exact) mass is 237 g/mol. The van der Waals surface area contributed by atoms with Gasteiger partial charge >= 0.3 is 0 Å². The molecule has 0 aromatic carbocycles. The first kappa shape index (κ1) is 12.6. The molecule has 1 aliphatic rings. The van der Waals surface area contributed by atoms with E-state index in [1.54, 1.807) is 0 Å². The highest BCUT2D eigenvalue weighted by molar-refractivity contribution is 5.04. The third-order valence-corrected chi connectivity index (χ3v) is 3.24. The van der Waals surface area contributed by atoms with Crippen LogP contribution in [0.5, 0.6) is 0 Å². The molecule has 0 aliphatic carbocycles. The predicted molar refractivity (Wildman–Crippen MR) is 68.1 cm³/mol. The predicted octanol–water partition coefficient (Wildman–Crippen LogP) is 1.60. The van der Waals surface area contributed by atoms with E-state index < -0.39 is 0 Å². The van der Waals surface area contributed by atoms with E-state index in [1.165, 1.54) is 31.2 Å². The van der Waals surface area contributed by atoms with Crippen LogP contribution in [0.15, 0.2) is 12.4 Å². The van der Waals surface area contributed by atoms with Gasteiger partial charge in [0, 0.05) is 12.8 Å². The Morgan fingerprint density at radius 2 is 2.47 bits per heavy atom. The van der Waals surface area contributed by atoms with Gasteiger partial charge in [0.25, 0.3) is 0 Å². The fraction of sp³-hybridized carbons (Fsp3) is 0.769. The molecule has 1 aliphatic heterocycles. The van der Waals surface area contributed by atoms with E-state index in [9.17, 15) is 0 Å². The van der Waals surface area contributed by atoms with E-state index in [0.717, 1.165) is 26.1 Å². The second-order valence-corrected chi connectivity index (χ2v) is 4.77. The second kappa shape index (κ2) is 6.77. The van der Waals surface area contributed by atoms with Gasteiger partial charge in [-0.1, -0.05) is 0 Å². The van der Waals surface area contributed by atoms with Gasteiger partial charge in [0.15, 0.2) is 0 Å². The Morgan fingerprint density at radius 3 is 3.24 bits per heavy atom. The summed E-state index contributed by atoms with van der Waals surface area (Å²) in [5.74, 6) is 0. The number of hydrogen-bond donors (Lipinski definition) is 1. The minimum Gasteiger partial charge on any atom is -0.376 e. The molecule has 0 spiro atoms. The number of aromatic nitrogens is 2. The van der Waals surface area contributed by atoms with Crippen molar-refractivity contribution in [3.8, 4) is 0 Å². The van der Waals surface area contributed by atoms with Crippen LogP contribution in [0.2, 0.25) is 0 Å². The van der Waals surface area contributed by atoms with E-state index in [2.05, 4.69) is 16.6 Å². The molecule has 0 saturated carbocycles. The molecule has 17 heavy (non-hydrogen) atoms. The number of aryl methyl sites for hydroxylation is 1. The van der Waals surface area contributed by atoms with Crippen LogP contribution in [0.4, 0.5) is 0 Å². The Morgan fingerprint density at radius 1 is 1.53 bits per heavy atom. The van der Waals surface area contributed by atoms with Crippen LogP contribution in [0.25, 0.3) is 0 Å². The fourth-order valence-electron chi connectivity index (χ4n) is 2.26. The highest BCUT2D eigenvalue weighted by Crippen LogP contribution is 2.14. The molecule has 1 N–H and O–H groups in total. The number of nitrogens with zero attached hydrogens (tertiary/aromatic N) is 2. The first-order valence-electron chi connectivity index (χ1n) is 6.66. The first-order chi connectivity index (χ1) is 8.38. The summed E-state index contributed by atoms with van der Waals surface area (Å²) in [6.07, 6.45) is 10.5. The lowest BCUT2D eigenvalue weighted by atomic mass is 10.1. The Balaban J connectivity index is 1.76. The molecule has 4 nitrogen and oxygen atoms in total. The zero-order chi connectivity index (χ0) is 11.9. The standard InChI is InChI=1S/C13H23N3O/c1-14-7-4-5-12-9-15-16(10-12)11-13-6-2-3-8-17-13/h9-10,13-14H,2-8,11H2,1H3/t13-/m1/s1. The van der Waals surface area contributed by atoms with Crippen LogP contribution in [-0.2, 0) is 17.7 Å². The second-order valence-electron chi connectivity index (χ2n) is 4.77. The summed E-state index contributed by atoms with van der Waals surface area (Å²) in [5.41, 5.74) is 1.33.